The summed E-state index contributed by atoms with van der Waals surface area (Å²) in [6.07, 6.45) is 3.38. The number of aliphatic carboxylic acids is 1. The predicted molar refractivity (Wildman–Crippen MR) is 55.6 cm³/mol. The van der Waals surface area contributed by atoms with Gasteiger partial charge in [-0.1, -0.05) is 0 Å². The highest BCUT2D eigenvalue weighted by Gasteiger charge is 2.29. The Bertz CT molecular complexity index is 507. The van der Waals surface area contributed by atoms with E-state index in [4.69, 9.17) is 5.11 Å². The first-order valence-corrected chi connectivity index (χ1v) is 6.34. The number of sulfonamides is 1. The number of aromatic nitrogens is 2. The van der Waals surface area contributed by atoms with Crippen molar-refractivity contribution in [3.05, 3.63) is 12.4 Å². The normalized spacial score (nSPS) is 18.9. The highest BCUT2D eigenvalue weighted by molar-refractivity contribution is 7.93. The van der Waals surface area contributed by atoms with Gasteiger partial charge in [-0.05, 0) is 6.42 Å². The van der Waals surface area contributed by atoms with E-state index in [1.807, 2.05) is 0 Å². The second-order valence-electron chi connectivity index (χ2n) is 3.53. The fourth-order valence-electron chi connectivity index (χ4n) is 1.64. The molecule has 2 rings (SSSR count). The number of anilines is 1. The number of nitrogens with zero attached hydrogens (tertiary/aromatic N) is 3. The van der Waals surface area contributed by atoms with Crippen molar-refractivity contribution in [2.24, 2.45) is 0 Å². The van der Waals surface area contributed by atoms with Crippen molar-refractivity contribution in [1.29, 1.82) is 0 Å². The summed E-state index contributed by atoms with van der Waals surface area (Å²) in [5, 5.41) is 12.3. The van der Waals surface area contributed by atoms with Crippen LogP contribution in [0.25, 0.3) is 0 Å². The summed E-state index contributed by atoms with van der Waals surface area (Å²) in [4.78, 5) is 10.4. The lowest BCUT2D eigenvalue weighted by Gasteiger charge is -2.13. The molecule has 0 amide bonds. The summed E-state index contributed by atoms with van der Waals surface area (Å²) in [6, 6.07) is 0. The molecule has 0 saturated carbocycles. The first-order chi connectivity index (χ1) is 7.49. The smallest absolute Gasteiger partial charge is 0.325 e. The van der Waals surface area contributed by atoms with Gasteiger partial charge in [-0.3, -0.25) is 13.8 Å². The Labute approximate surface area is 92.3 Å². The number of carbonyl (C=O) groups is 1. The van der Waals surface area contributed by atoms with Gasteiger partial charge < -0.3 is 5.11 Å². The minimum Gasteiger partial charge on any atom is -0.480 e. The van der Waals surface area contributed by atoms with Gasteiger partial charge in [-0.15, -0.1) is 0 Å². The van der Waals surface area contributed by atoms with E-state index in [0.717, 1.165) is 0 Å². The maximum atomic E-state index is 11.6. The molecule has 0 aromatic carbocycles. The van der Waals surface area contributed by atoms with E-state index in [1.54, 1.807) is 0 Å². The fourth-order valence-corrected chi connectivity index (χ4v) is 3.17. The summed E-state index contributed by atoms with van der Waals surface area (Å²) in [5.74, 6) is -0.879. The third-order valence-electron chi connectivity index (χ3n) is 2.30. The Balaban J connectivity index is 2.22. The van der Waals surface area contributed by atoms with E-state index in [9.17, 15) is 13.2 Å². The van der Waals surface area contributed by atoms with Gasteiger partial charge in [0.15, 0.2) is 0 Å². The lowest BCUT2D eigenvalue weighted by molar-refractivity contribution is -0.137. The van der Waals surface area contributed by atoms with Crippen molar-refractivity contribution in [2.75, 3.05) is 16.6 Å². The van der Waals surface area contributed by atoms with Crippen LogP contribution in [-0.2, 0) is 21.4 Å². The summed E-state index contributed by atoms with van der Waals surface area (Å²) >= 11 is 0. The summed E-state index contributed by atoms with van der Waals surface area (Å²) in [5.41, 5.74) is 0.429. The van der Waals surface area contributed by atoms with E-state index in [0.29, 0.717) is 18.7 Å². The lowest BCUT2D eigenvalue weighted by Crippen LogP contribution is -2.24. The Morgan fingerprint density at radius 2 is 2.31 bits per heavy atom. The predicted octanol–water partition coefficient (Wildman–Crippen LogP) is -0.492. The van der Waals surface area contributed by atoms with Crippen molar-refractivity contribution in [3.8, 4) is 0 Å². The van der Waals surface area contributed by atoms with Gasteiger partial charge in [0.05, 0.1) is 17.6 Å². The molecule has 1 fully saturated rings. The quantitative estimate of drug-likeness (QED) is 0.775. The fraction of sp³-hybridized carbons (Fsp3) is 0.500. The molecule has 0 spiro atoms. The molecule has 1 saturated heterocycles. The summed E-state index contributed by atoms with van der Waals surface area (Å²) < 4.78 is 25.6. The van der Waals surface area contributed by atoms with Crippen LogP contribution in [0, 0.1) is 0 Å². The molecular weight excluding hydrogens is 234 g/mol. The molecule has 1 aliphatic rings. The number of carboxylic acids is 1. The third kappa shape index (κ3) is 2.01. The molecule has 0 radical (unpaired) electrons. The van der Waals surface area contributed by atoms with Crippen molar-refractivity contribution >= 4 is 21.7 Å². The monoisotopic (exact) mass is 245 g/mol. The van der Waals surface area contributed by atoms with Crippen molar-refractivity contribution in [2.45, 2.75) is 13.0 Å². The molecule has 16 heavy (non-hydrogen) atoms. The molecule has 0 unspecified atom stereocenters. The average molecular weight is 245 g/mol. The SMILES string of the molecule is O=C(O)Cn1cc(N2CCCS2(=O)=O)cn1. The molecule has 7 nitrogen and oxygen atoms in total. The highest BCUT2D eigenvalue weighted by atomic mass is 32.2. The van der Waals surface area contributed by atoms with Crippen LogP contribution in [0.1, 0.15) is 6.42 Å². The maximum absolute atomic E-state index is 11.6. The van der Waals surface area contributed by atoms with E-state index in [-0.39, 0.29) is 12.3 Å². The first kappa shape index (κ1) is 10.9. The number of hydrogen-bond donors (Lipinski definition) is 1. The van der Waals surface area contributed by atoms with Gasteiger partial charge >= 0.3 is 5.97 Å². The molecule has 1 aromatic heterocycles. The van der Waals surface area contributed by atoms with Crippen LogP contribution in [0.4, 0.5) is 5.69 Å². The zero-order chi connectivity index (χ0) is 11.8. The van der Waals surface area contributed by atoms with Gasteiger partial charge in [0, 0.05) is 12.7 Å². The van der Waals surface area contributed by atoms with Crippen molar-refractivity contribution in [1.82, 2.24) is 9.78 Å². The number of hydrogen-bond acceptors (Lipinski definition) is 4. The Morgan fingerprint density at radius 1 is 1.56 bits per heavy atom. The lowest BCUT2D eigenvalue weighted by atomic mass is 10.4. The zero-order valence-electron chi connectivity index (χ0n) is 8.40. The maximum Gasteiger partial charge on any atom is 0.325 e. The highest BCUT2D eigenvalue weighted by Crippen LogP contribution is 2.22. The molecule has 0 aliphatic carbocycles. The summed E-state index contributed by atoms with van der Waals surface area (Å²) in [7, 11) is -3.22. The zero-order valence-corrected chi connectivity index (χ0v) is 9.22. The molecule has 1 aliphatic heterocycles. The second kappa shape index (κ2) is 3.78. The number of carboxylic acid groups (broad SMARTS) is 1. The van der Waals surface area contributed by atoms with Crippen molar-refractivity contribution < 1.29 is 18.3 Å². The van der Waals surface area contributed by atoms with Crippen LogP contribution in [0.15, 0.2) is 12.4 Å². The van der Waals surface area contributed by atoms with Gasteiger partial charge in [0.2, 0.25) is 10.0 Å². The standard InChI is InChI=1S/C8H11N3O4S/c12-8(13)6-10-5-7(4-9-10)11-2-1-3-16(11,14)15/h4-5H,1-3,6H2,(H,12,13). The molecule has 0 atom stereocenters. The molecule has 1 aromatic rings. The van der Waals surface area contributed by atoms with E-state index in [1.165, 1.54) is 21.4 Å². The minimum absolute atomic E-state index is 0.136. The van der Waals surface area contributed by atoms with Gasteiger partial charge in [0.25, 0.3) is 0 Å². The largest absolute Gasteiger partial charge is 0.480 e. The first-order valence-electron chi connectivity index (χ1n) is 4.74. The molecule has 2 heterocycles. The van der Waals surface area contributed by atoms with Crippen molar-refractivity contribution in [3.63, 3.8) is 0 Å². The number of rotatable bonds is 3. The van der Waals surface area contributed by atoms with Crippen LogP contribution >= 0.6 is 0 Å². The third-order valence-corrected chi connectivity index (χ3v) is 4.17. The van der Waals surface area contributed by atoms with Crippen LogP contribution in [0.2, 0.25) is 0 Å². The van der Waals surface area contributed by atoms with Crippen LogP contribution in [0.3, 0.4) is 0 Å². The summed E-state index contributed by atoms with van der Waals surface area (Å²) in [6.45, 7) is 0.162. The molecule has 1 N–H and O–H groups in total. The Kier molecular flexibility index (Phi) is 2.58. The molecule has 0 bridgehead atoms. The van der Waals surface area contributed by atoms with Gasteiger partial charge in [-0.25, -0.2) is 8.42 Å². The average Bonchev–Trinajstić information content (AvgIpc) is 2.70. The Hall–Kier alpha value is -1.57. The molecule has 8 heteroatoms. The van der Waals surface area contributed by atoms with E-state index in [2.05, 4.69) is 5.10 Å². The molecular formula is C8H11N3O4S. The van der Waals surface area contributed by atoms with Crippen LogP contribution in [-0.4, -0.2) is 41.6 Å². The van der Waals surface area contributed by atoms with E-state index < -0.39 is 16.0 Å². The Morgan fingerprint density at radius 3 is 2.88 bits per heavy atom. The molecule has 88 valence electrons. The minimum atomic E-state index is -3.22. The van der Waals surface area contributed by atoms with E-state index >= 15 is 0 Å². The topological polar surface area (TPSA) is 92.5 Å². The van der Waals surface area contributed by atoms with Gasteiger partial charge in [-0.2, -0.15) is 5.10 Å². The van der Waals surface area contributed by atoms with Gasteiger partial charge in [0.1, 0.15) is 6.54 Å². The second-order valence-corrected chi connectivity index (χ2v) is 5.54. The van der Waals surface area contributed by atoms with Crippen LogP contribution < -0.4 is 4.31 Å². The van der Waals surface area contributed by atoms with Crippen LogP contribution in [0.5, 0.6) is 0 Å².